The molecule has 2 atom stereocenters. The van der Waals surface area contributed by atoms with Gasteiger partial charge in [-0.25, -0.2) is 4.79 Å². The summed E-state index contributed by atoms with van der Waals surface area (Å²) in [7, 11) is 0. The number of carbonyl (C=O) groups excluding carboxylic acids is 2. The first-order chi connectivity index (χ1) is 15.7. The van der Waals surface area contributed by atoms with Crippen molar-refractivity contribution in [3.63, 3.8) is 0 Å². The summed E-state index contributed by atoms with van der Waals surface area (Å²) in [4.78, 5) is 36.8. The molecule has 0 bridgehead atoms. The van der Waals surface area contributed by atoms with Gasteiger partial charge in [-0.2, -0.15) is 0 Å². The lowest BCUT2D eigenvalue weighted by Crippen LogP contribution is -2.52. The van der Waals surface area contributed by atoms with Crippen molar-refractivity contribution < 1.29 is 24.2 Å². The smallest absolute Gasteiger partial charge is 0.407 e. The molecular weight excluding hydrogens is 420 g/mol. The average Bonchev–Trinajstić information content (AvgIpc) is 3.12. The Morgan fingerprint density at radius 3 is 2.06 bits per heavy atom. The van der Waals surface area contributed by atoms with Crippen molar-refractivity contribution in [2.45, 2.75) is 46.1 Å². The van der Waals surface area contributed by atoms with E-state index in [1.54, 1.807) is 13.8 Å². The number of hydrogen-bond acceptors (Lipinski definition) is 4. The van der Waals surface area contributed by atoms with Crippen LogP contribution >= 0.6 is 0 Å². The molecule has 176 valence electrons. The van der Waals surface area contributed by atoms with E-state index in [0.717, 1.165) is 22.3 Å². The maximum absolute atomic E-state index is 12.7. The van der Waals surface area contributed by atoms with Crippen LogP contribution in [0.15, 0.2) is 48.5 Å². The number of hydrogen-bond donors (Lipinski definition) is 3. The van der Waals surface area contributed by atoms with Crippen LogP contribution in [0.2, 0.25) is 0 Å². The fourth-order valence-corrected chi connectivity index (χ4v) is 4.05. The van der Waals surface area contributed by atoms with Gasteiger partial charge >= 0.3 is 12.1 Å². The molecule has 2 amide bonds. The van der Waals surface area contributed by atoms with Gasteiger partial charge in [-0.15, -0.1) is 0 Å². The van der Waals surface area contributed by atoms with Crippen LogP contribution in [0.5, 0.6) is 0 Å². The monoisotopic (exact) mass is 452 g/mol. The summed E-state index contributed by atoms with van der Waals surface area (Å²) in [5.74, 6) is -1.69. The molecule has 33 heavy (non-hydrogen) atoms. The van der Waals surface area contributed by atoms with E-state index < -0.39 is 29.4 Å². The summed E-state index contributed by atoms with van der Waals surface area (Å²) in [6, 6.07) is 15.3. The summed E-state index contributed by atoms with van der Waals surface area (Å²) in [5, 5.41) is 14.7. The van der Waals surface area contributed by atoms with Crippen LogP contribution in [0.25, 0.3) is 11.1 Å². The van der Waals surface area contributed by atoms with Gasteiger partial charge in [0.2, 0.25) is 5.91 Å². The minimum Gasteiger partial charge on any atom is -0.481 e. The molecule has 0 saturated heterocycles. The zero-order chi connectivity index (χ0) is 24.2. The van der Waals surface area contributed by atoms with Crippen LogP contribution in [0.4, 0.5) is 4.79 Å². The van der Waals surface area contributed by atoms with Gasteiger partial charge in [-0.3, -0.25) is 9.59 Å². The summed E-state index contributed by atoms with van der Waals surface area (Å²) in [5.41, 5.74) is 3.42. The number of carboxylic acids is 1. The van der Waals surface area contributed by atoms with Gasteiger partial charge in [0.05, 0.1) is 5.41 Å². The molecule has 0 aromatic heterocycles. The van der Waals surface area contributed by atoms with Gasteiger partial charge in [0.1, 0.15) is 12.6 Å². The van der Waals surface area contributed by atoms with Crippen LogP contribution in [0.1, 0.15) is 51.2 Å². The third-order valence-electron chi connectivity index (χ3n) is 6.52. The quantitative estimate of drug-likeness (QED) is 0.530. The van der Waals surface area contributed by atoms with E-state index in [1.807, 2.05) is 50.2 Å². The van der Waals surface area contributed by atoms with E-state index in [9.17, 15) is 19.5 Å². The van der Waals surface area contributed by atoms with Crippen LogP contribution in [-0.4, -0.2) is 42.3 Å². The molecular formula is C26H32N2O5. The maximum atomic E-state index is 12.7. The zero-order valence-electron chi connectivity index (χ0n) is 19.6. The van der Waals surface area contributed by atoms with E-state index in [1.165, 1.54) is 0 Å². The number of aliphatic carboxylic acids is 1. The van der Waals surface area contributed by atoms with Crippen LogP contribution in [0.3, 0.4) is 0 Å². The minimum atomic E-state index is -1.07. The second kappa shape index (κ2) is 10.1. The lowest BCUT2D eigenvalue weighted by molar-refractivity contribution is -0.148. The van der Waals surface area contributed by atoms with Gasteiger partial charge < -0.3 is 20.5 Å². The average molecular weight is 453 g/mol. The van der Waals surface area contributed by atoms with Gasteiger partial charge in [0, 0.05) is 12.5 Å². The van der Waals surface area contributed by atoms with Crippen molar-refractivity contribution in [2.24, 2.45) is 11.3 Å². The number of benzene rings is 2. The molecule has 3 N–H and O–H groups in total. The number of ether oxygens (including phenoxy) is 1. The Kier molecular flexibility index (Phi) is 7.41. The lowest BCUT2D eigenvalue weighted by atomic mass is 9.87. The maximum Gasteiger partial charge on any atom is 0.407 e. The first-order valence-electron chi connectivity index (χ1n) is 11.3. The summed E-state index contributed by atoms with van der Waals surface area (Å²) in [6.07, 6.45) is -0.309. The standard InChI is InChI=1S/C26H32N2O5/c1-5-26(4,24(30)31)15-27-23(29)22(16(2)3)28-25(32)33-14-21-19-12-8-6-10-17(19)18-11-7-9-13-20(18)21/h6-13,16,21-22H,5,14-15H2,1-4H3,(H,27,29)(H,28,32)(H,30,31). The Balaban J connectivity index is 1.63. The highest BCUT2D eigenvalue weighted by Crippen LogP contribution is 2.44. The largest absolute Gasteiger partial charge is 0.481 e. The third kappa shape index (κ3) is 5.18. The second-order valence-electron chi connectivity index (χ2n) is 9.13. The zero-order valence-corrected chi connectivity index (χ0v) is 19.6. The molecule has 7 nitrogen and oxygen atoms in total. The molecule has 1 aliphatic rings. The fraction of sp³-hybridized carbons (Fsp3) is 0.423. The molecule has 0 spiro atoms. The van der Waals surface area contributed by atoms with Crippen molar-refractivity contribution in [1.82, 2.24) is 10.6 Å². The molecule has 2 aromatic carbocycles. The second-order valence-corrected chi connectivity index (χ2v) is 9.13. The van der Waals surface area contributed by atoms with Crippen molar-refractivity contribution in [3.05, 3.63) is 59.7 Å². The number of alkyl carbamates (subject to hydrolysis) is 1. The predicted molar refractivity (Wildman–Crippen MR) is 126 cm³/mol. The molecule has 7 heteroatoms. The highest BCUT2D eigenvalue weighted by atomic mass is 16.5. The van der Waals surface area contributed by atoms with E-state index in [0.29, 0.717) is 6.42 Å². The van der Waals surface area contributed by atoms with Crippen LogP contribution in [-0.2, 0) is 14.3 Å². The first kappa shape index (κ1) is 24.3. The highest BCUT2D eigenvalue weighted by molar-refractivity contribution is 5.86. The van der Waals surface area contributed by atoms with Crippen molar-refractivity contribution >= 4 is 18.0 Å². The van der Waals surface area contributed by atoms with Gasteiger partial charge in [-0.05, 0) is 41.5 Å². The van der Waals surface area contributed by atoms with E-state index in [-0.39, 0.29) is 25.0 Å². The van der Waals surface area contributed by atoms with Crippen LogP contribution in [0, 0.1) is 11.3 Å². The Morgan fingerprint density at radius 2 is 1.58 bits per heavy atom. The summed E-state index contributed by atoms with van der Waals surface area (Å²) in [6.45, 7) is 7.09. The van der Waals surface area contributed by atoms with E-state index in [4.69, 9.17) is 4.74 Å². The predicted octanol–water partition coefficient (Wildman–Crippen LogP) is 4.17. The van der Waals surface area contributed by atoms with Crippen LogP contribution < -0.4 is 10.6 Å². The Bertz CT molecular complexity index is 989. The molecule has 0 radical (unpaired) electrons. The number of fused-ring (bicyclic) bond motifs is 3. The number of amides is 2. The normalized spacial score (nSPS) is 15.2. The fourth-order valence-electron chi connectivity index (χ4n) is 4.05. The third-order valence-corrected chi connectivity index (χ3v) is 6.52. The van der Waals surface area contributed by atoms with E-state index in [2.05, 4.69) is 22.8 Å². The van der Waals surface area contributed by atoms with Gasteiger partial charge in [0.25, 0.3) is 0 Å². The molecule has 1 aliphatic carbocycles. The number of nitrogens with one attached hydrogen (secondary N) is 2. The SMILES string of the molecule is CCC(C)(CNC(=O)C(NC(=O)OCC1c2ccccc2-c2ccccc21)C(C)C)C(=O)O. The molecule has 3 rings (SSSR count). The van der Waals surface area contributed by atoms with Crippen molar-refractivity contribution in [3.8, 4) is 11.1 Å². The topological polar surface area (TPSA) is 105 Å². The highest BCUT2D eigenvalue weighted by Gasteiger charge is 2.34. The van der Waals surface area contributed by atoms with E-state index >= 15 is 0 Å². The van der Waals surface area contributed by atoms with Gasteiger partial charge in [0.15, 0.2) is 0 Å². The molecule has 0 heterocycles. The summed E-state index contributed by atoms with van der Waals surface area (Å²) < 4.78 is 5.55. The van der Waals surface area contributed by atoms with Crippen molar-refractivity contribution in [2.75, 3.05) is 13.2 Å². The molecule has 0 saturated carbocycles. The number of carboxylic acid groups (broad SMARTS) is 1. The number of carbonyl (C=O) groups is 3. The molecule has 0 fully saturated rings. The van der Waals surface area contributed by atoms with Crippen molar-refractivity contribution in [1.29, 1.82) is 0 Å². The Hall–Kier alpha value is -3.35. The molecule has 0 aliphatic heterocycles. The molecule has 2 unspecified atom stereocenters. The molecule has 2 aromatic rings. The Morgan fingerprint density at radius 1 is 1.03 bits per heavy atom. The lowest BCUT2D eigenvalue weighted by Gasteiger charge is -2.26. The van der Waals surface area contributed by atoms with Gasteiger partial charge in [-0.1, -0.05) is 69.3 Å². The first-order valence-corrected chi connectivity index (χ1v) is 11.3. The number of rotatable bonds is 9. The summed E-state index contributed by atoms with van der Waals surface area (Å²) >= 11 is 0. The Labute approximate surface area is 194 Å². The minimum absolute atomic E-state index is 0.0206.